The maximum Gasteiger partial charge on any atom is 0.254 e. The van der Waals surface area contributed by atoms with Gasteiger partial charge in [-0.05, 0) is 30.7 Å². The molecule has 5 heteroatoms. The Hall–Kier alpha value is -2.43. The molecule has 0 bridgehead atoms. The third kappa shape index (κ3) is 2.99. The summed E-state index contributed by atoms with van der Waals surface area (Å²) in [5, 5.41) is 4.76. The lowest BCUT2D eigenvalue weighted by Crippen LogP contribution is -2.21. The Labute approximate surface area is 148 Å². The minimum Gasteiger partial charge on any atom is -0.356 e. The molecule has 4 rings (SSSR count). The predicted molar refractivity (Wildman–Crippen MR) is 101 cm³/mol. The lowest BCUT2D eigenvalue weighted by molar-refractivity contribution is 0.590. The van der Waals surface area contributed by atoms with Crippen molar-refractivity contribution in [1.29, 1.82) is 0 Å². The van der Waals surface area contributed by atoms with Gasteiger partial charge in [0.15, 0.2) is 5.82 Å². The van der Waals surface area contributed by atoms with Crippen molar-refractivity contribution in [2.75, 3.05) is 18.0 Å². The highest BCUT2D eigenvalue weighted by Gasteiger charge is 2.19. The molecule has 0 saturated carbocycles. The van der Waals surface area contributed by atoms with E-state index in [0.29, 0.717) is 5.78 Å². The maximum atomic E-state index is 4.76. The van der Waals surface area contributed by atoms with Crippen LogP contribution in [-0.4, -0.2) is 32.7 Å². The number of hydrogen-bond donors (Lipinski definition) is 0. The summed E-state index contributed by atoms with van der Waals surface area (Å²) in [7, 11) is 0. The van der Waals surface area contributed by atoms with Gasteiger partial charge in [0.2, 0.25) is 0 Å². The molecule has 0 amide bonds. The van der Waals surface area contributed by atoms with E-state index < -0.39 is 0 Å². The largest absolute Gasteiger partial charge is 0.356 e. The van der Waals surface area contributed by atoms with Crippen LogP contribution >= 0.6 is 0 Å². The number of rotatable bonds is 2. The topological polar surface area (TPSA) is 46.3 Å². The summed E-state index contributed by atoms with van der Waals surface area (Å²) in [6.45, 7) is 10.8. The molecule has 130 valence electrons. The highest BCUT2D eigenvalue weighted by Crippen LogP contribution is 2.26. The Bertz CT molecular complexity index is 896. The average molecular weight is 335 g/mol. The molecule has 1 fully saturated rings. The number of aryl methyl sites for hydroxylation is 1. The molecular weight excluding hydrogens is 310 g/mol. The van der Waals surface area contributed by atoms with E-state index in [1.165, 1.54) is 18.4 Å². The van der Waals surface area contributed by atoms with E-state index in [4.69, 9.17) is 5.10 Å². The van der Waals surface area contributed by atoms with E-state index in [0.717, 1.165) is 36.0 Å². The fourth-order valence-electron chi connectivity index (χ4n) is 3.38. The second-order valence-electron chi connectivity index (χ2n) is 7.92. The van der Waals surface area contributed by atoms with Crippen LogP contribution in [-0.2, 0) is 5.41 Å². The van der Waals surface area contributed by atoms with Gasteiger partial charge < -0.3 is 4.90 Å². The van der Waals surface area contributed by atoms with Gasteiger partial charge in [0.25, 0.3) is 5.78 Å². The van der Waals surface area contributed by atoms with Crippen molar-refractivity contribution in [1.82, 2.24) is 19.6 Å². The van der Waals surface area contributed by atoms with Crippen LogP contribution in [0, 0.1) is 6.92 Å². The van der Waals surface area contributed by atoms with Crippen LogP contribution in [0.25, 0.3) is 17.2 Å². The summed E-state index contributed by atoms with van der Waals surface area (Å²) >= 11 is 0. The molecule has 1 saturated heterocycles. The molecule has 0 unspecified atom stereocenters. The zero-order chi connectivity index (χ0) is 17.6. The van der Waals surface area contributed by atoms with E-state index in [1.807, 2.05) is 11.4 Å². The molecule has 0 radical (unpaired) electrons. The first-order chi connectivity index (χ1) is 11.9. The number of fused-ring (bicyclic) bond motifs is 1. The van der Waals surface area contributed by atoms with Crippen molar-refractivity contribution in [3.63, 3.8) is 0 Å². The second kappa shape index (κ2) is 5.83. The Morgan fingerprint density at radius 2 is 1.64 bits per heavy atom. The van der Waals surface area contributed by atoms with E-state index in [1.54, 1.807) is 0 Å². The van der Waals surface area contributed by atoms with Gasteiger partial charge in [-0.3, -0.25) is 0 Å². The summed E-state index contributed by atoms with van der Waals surface area (Å²) in [5.41, 5.74) is 3.47. The normalized spacial score (nSPS) is 15.3. The number of aromatic nitrogens is 4. The predicted octanol–water partition coefficient (Wildman–Crippen LogP) is 4.00. The Kier molecular flexibility index (Phi) is 3.74. The van der Waals surface area contributed by atoms with Gasteiger partial charge in [-0.2, -0.15) is 9.50 Å². The average Bonchev–Trinajstić information content (AvgIpc) is 3.23. The standard InChI is InChI=1S/C20H25N5/c1-14-13-17(24-11-5-6-12-24)25-19(21-14)22-18(23-25)15-7-9-16(10-8-15)20(2,3)4/h7-10,13H,5-6,11-12H2,1-4H3. The lowest BCUT2D eigenvalue weighted by Gasteiger charge is -2.18. The smallest absolute Gasteiger partial charge is 0.254 e. The number of benzene rings is 1. The molecule has 0 atom stereocenters. The van der Waals surface area contributed by atoms with Crippen molar-refractivity contribution in [3.05, 3.63) is 41.6 Å². The molecule has 0 spiro atoms. The molecule has 1 aliphatic heterocycles. The summed E-state index contributed by atoms with van der Waals surface area (Å²) in [6.07, 6.45) is 2.47. The van der Waals surface area contributed by atoms with Crippen LogP contribution in [0.2, 0.25) is 0 Å². The first-order valence-corrected chi connectivity index (χ1v) is 9.02. The Morgan fingerprint density at radius 1 is 0.960 bits per heavy atom. The summed E-state index contributed by atoms with van der Waals surface area (Å²) in [5.74, 6) is 2.51. The van der Waals surface area contributed by atoms with Crippen molar-refractivity contribution in [3.8, 4) is 11.4 Å². The van der Waals surface area contributed by atoms with Crippen LogP contribution in [0.5, 0.6) is 0 Å². The zero-order valence-electron chi connectivity index (χ0n) is 15.5. The van der Waals surface area contributed by atoms with Gasteiger partial charge >= 0.3 is 0 Å². The Morgan fingerprint density at radius 3 is 2.28 bits per heavy atom. The molecular formula is C20H25N5. The van der Waals surface area contributed by atoms with Crippen LogP contribution in [0.4, 0.5) is 5.82 Å². The van der Waals surface area contributed by atoms with Gasteiger partial charge in [-0.25, -0.2) is 4.98 Å². The third-order valence-electron chi connectivity index (χ3n) is 4.86. The van der Waals surface area contributed by atoms with E-state index >= 15 is 0 Å². The monoisotopic (exact) mass is 335 g/mol. The van der Waals surface area contributed by atoms with Crippen molar-refractivity contribution < 1.29 is 0 Å². The lowest BCUT2D eigenvalue weighted by atomic mass is 9.87. The van der Waals surface area contributed by atoms with E-state index in [2.05, 4.69) is 66.0 Å². The van der Waals surface area contributed by atoms with Gasteiger partial charge in [-0.1, -0.05) is 45.0 Å². The van der Waals surface area contributed by atoms with E-state index in [-0.39, 0.29) is 5.41 Å². The minimum atomic E-state index is 0.145. The Balaban J connectivity index is 1.77. The third-order valence-corrected chi connectivity index (χ3v) is 4.86. The minimum absolute atomic E-state index is 0.145. The van der Waals surface area contributed by atoms with Crippen LogP contribution < -0.4 is 4.90 Å². The highest BCUT2D eigenvalue weighted by atomic mass is 15.4. The van der Waals surface area contributed by atoms with Gasteiger partial charge in [0, 0.05) is 30.4 Å². The molecule has 25 heavy (non-hydrogen) atoms. The SMILES string of the molecule is Cc1cc(N2CCCC2)n2nc(-c3ccc(C(C)(C)C)cc3)nc2n1. The molecule has 3 aromatic rings. The fraction of sp³-hybridized carbons (Fsp3) is 0.450. The van der Waals surface area contributed by atoms with Gasteiger partial charge in [-0.15, -0.1) is 5.10 Å². The summed E-state index contributed by atoms with van der Waals surface area (Å²) in [4.78, 5) is 11.6. The van der Waals surface area contributed by atoms with Crippen molar-refractivity contribution in [2.24, 2.45) is 0 Å². The number of hydrogen-bond acceptors (Lipinski definition) is 4. The quantitative estimate of drug-likeness (QED) is 0.710. The van der Waals surface area contributed by atoms with Gasteiger partial charge in [0.05, 0.1) is 0 Å². The van der Waals surface area contributed by atoms with Gasteiger partial charge in [0.1, 0.15) is 5.82 Å². The van der Waals surface area contributed by atoms with Crippen LogP contribution in [0.15, 0.2) is 30.3 Å². The highest BCUT2D eigenvalue weighted by molar-refractivity contribution is 5.59. The summed E-state index contributed by atoms with van der Waals surface area (Å²) in [6, 6.07) is 10.7. The maximum absolute atomic E-state index is 4.76. The first-order valence-electron chi connectivity index (χ1n) is 9.02. The number of anilines is 1. The van der Waals surface area contributed by atoms with Crippen molar-refractivity contribution in [2.45, 2.75) is 46.0 Å². The summed E-state index contributed by atoms with van der Waals surface area (Å²) < 4.78 is 1.89. The van der Waals surface area contributed by atoms with Crippen LogP contribution in [0.3, 0.4) is 0 Å². The first kappa shape index (κ1) is 16.1. The fourth-order valence-corrected chi connectivity index (χ4v) is 3.38. The molecule has 0 N–H and O–H groups in total. The molecule has 0 aliphatic carbocycles. The molecule has 3 heterocycles. The number of nitrogens with zero attached hydrogens (tertiary/aromatic N) is 5. The molecule has 2 aromatic heterocycles. The molecule has 1 aliphatic rings. The van der Waals surface area contributed by atoms with Crippen LogP contribution in [0.1, 0.15) is 44.9 Å². The van der Waals surface area contributed by atoms with Crippen molar-refractivity contribution >= 4 is 11.6 Å². The molecule has 1 aromatic carbocycles. The van der Waals surface area contributed by atoms with E-state index in [9.17, 15) is 0 Å². The zero-order valence-corrected chi connectivity index (χ0v) is 15.5. The second-order valence-corrected chi connectivity index (χ2v) is 7.92. The molecule has 5 nitrogen and oxygen atoms in total.